The lowest BCUT2D eigenvalue weighted by molar-refractivity contribution is -0.117. The molecule has 0 aliphatic carbocycles. The van der Waals surface area contributed by atoms with Crippen molar-refractivity contribution >= 4 is 17.5 Å². The molecule has 2 saturated heterocycles. The lowest BCUT2D eigenvalue weighted by Crippen LogP contribution is -2.41. The molecule has 2 N–H and O–H groups in total. The standard InChI is InChI=1S/C20H29N3O3/c1-15(16-5-4-8-21-14-16)13-19(24)22-18-7-3-2-6-17(18)20(25)23-9-11-26-12-10-23/h2-3,6-7,15-16,21H,4-5,8-14H2,1H3,(H,22,24). The van der Waals surface area contributed by atoms with Gasteiger partial charge in [-0.1, -0.05) is 19.1 Å². The van der Waals surface area contributed by atoms with E-state index < -0.39 is 0 Å². The van der Waals surface area contributed by atoms with Gasteiger partial charge in [-0.3, -0.25) is 9.59 Å². The number of rotatable bonds is 5. The van der Waals surface area contributed by atoms with Gasteiger partial charge in [-0.05, 0) is 49.9 Å². The maximum absolute atomic E-state index is 12.8. The molecule has 26 heavy (non-hydrogen) atoms. The van der Waals surface area contributed by atoms with Crippen LogP contribution in [0.15, 0.2) is 24.3 Å². The summed E-state index contributed by atoms with van der Waals surface area (Å²) in [5, 5.41) is 6.37. The third-order valence-corrected chi connectivity index (χ3v) is 5.38. The van der Waals surface area contributed by atoms with Gasteiger partial charge in [0.25, 0.3) is 5.91 Å². The van der Waals surface area contributed by atoms with Crippen LogP contribution in [0.3, 0.4) is 0 Å². The van der Waals surface area contributed by atoms with Crippen LogP contribution in [0.25, 0.3) is 0 Å². The molecular formula is C20H29N3O3. The number of piperidine rings is 1. The number of para-hydroxylation sites is 1. The molecule has 0 radical (unpaired) electrons. The Morgan fingerprint density at radius 3 is 2.81 bits per heavy atom. The van der Waals surface area contributed by atoms with Gasteiger partial charge < -0.3 is 20.3 Å². The van der Waals surface area contributed by atoms with E-state index in [0.717, 1.165) is 13.1 Å². The predicted octanol–water partition coefficient (Wildman–Crippen LogP) is 2.12. The minimum absolute atomic E-state index is 0.0229. The van der Waals surface area contributed by atoms with Crippen molar-refractivity contribution in [1.82, 2.24) is 10.2 Å². The van der Waals surface area contributed by atoms with Crippen molar-refractivity contribution in [3.63, 3.8) is 0 Å². The Kier molecular flexibility index (Phi) is 6.63. The first-order valence-corrected chi connectivity index (χ1v) is 9.62. The molecule has 0 saturated carbocycles. The van der Waals surface area contributed by atoms with Crippen molar-refractivity contribution in [3.8, 4) is 0 Å². The number of nitrogens with one attached hydrogen (secondary N) is 2. The Balaban J connectivity index is 1.61. The fourth-order valence-electron chi connectivity index (χ4n) is 3.74. The van der Waals surface area contributed by atoms with Crippen LogP contribution in [0.5, 0.6) is 0 Å². The van der Waals surface area contributed by atoms with E-state index in [1.165, 1.54) is 12.8 Å². The van der Waals surface area contributed by atoms with Gasteiger partial charge in [0.1, 0.15) is 0 Å². The van der Waals surface area contributed by atoms with Crippen LogP contribution in [0.2, 0.25) is 0 Å². The average Bonchev–Trinajstić information content (AvgIpc) is 2.69. The zero-order valence-corrected chi connectivity index (χ0v) is 15.5. The van der Waals surface area contributed by atoms with E-state index in [1.54, 1.807) is 17.0 Å². The van der Waals surface area contributed by atoms with Crippen LogP contribution < -0.4 is 10.6 Å². The monoisotopic (exact) mass is 359 g/mol. The summed E-state index contributed by atoms with van der Waals surface area (Å²) in [6.45, 7) is 6.51. The van der Waals surface area contributed by atoms with Crippen LogP contribution in [0.4, 0.5) is 5.69 Å². The molecule has 2 heterocycles. The highest BCUT2D eigenvalue weighted by atomic mass is 16.5. The van der Waals surface area contributed by atoms with E-state index in [9.17, 15) is 9.59 Å². The molecule has 2 atom stereocenters. The van der Waals surface area contributed by atoms with Gasteiger partial charge in [-0.25, -0.2) is 0 Å². The Hall–Kier alpha value is -1.92. The molecule has 6 heteroatoms. The maximum atomic E-state index is 12.8. The summed E-state index contributed by atoms with van der Waals surface area (Å²) in [6.07, 6.45) is 2.83. The number of nitrogens with zero attached hydrogens (tertiary/aromatic N) is 1. The SMILES string of the molecule is CC(CC(=O)Nc1ccccc1C(=O)N1CCOCC1)C1CCCNC1. The second-order valence-corrected chi connectivity index (χ2v) is 7.29. The van der Waals surface area contributed by atoms with E-state index in [0.29, 0.717) is 55.8 Å². The van der Waals surface area contributed by atoms with E-state index in [4.69, 9.17) is 4.74 Å². The summed E-state index contributed by atoms with van der Waals surface area (Å²) in [5.74, 6) is 0.795. The first-order chi connectivity index (χ1) is 12.6. The van der Waals surface area contributed by atoms with Gasteiger partial charge in [-0.2, -0.15) is 0 Å². The summed E-state index contributed by atoms with van der Waals surface area (Å²) < 4.78 is 5.31. The number of anilines is 1. The zero-order chi connectivity index (χ0) is 18.4. The molecule has 6 nitrogen and oxygen atoms in total. The Labute approximate surface area is 155 Å². The highest BCUT2D eigenvalue weighted by Crippen LogP contribution is 2.24. The van der Waals surface area contributed by atoms with Crippen molar-refractivity contribution in [1.29, 1.82) is 0 Å². The van der Waals surface area contributed by atoms with E-state index in [-0.39, 0.29) is 11.8 Å². The molecule has 2 aliphatic rings. The van der Waals surface area contributed by atoms with Crippen molar-refractivity contribution in [2.75, 3.05) is 44.7 Å². The fourth-order valence-corrected chi connectivity index (χ4v) is 3.74. The van der Waals surface area contributed by atoms with Gasteiger partial charge in [0.05, 0.1) is 24.5 Å². The normalized spacial score (nSPS) is 21.9. The van der Waals surface area contributed by atoms with Crippen molar-refractivity contribution in [2.24, 2.45) is 11.8 Å². The lowest BCUT2D eigenvalue weighted by Gasteiger charge is -2.28. The maximum Gasteiger partial charge on any atom is 0.256 e. The van der Waals surface area contributed by atoms with Gasteiger partial charge >= 0.3 is 0 Å². The molecule has 2 amide bonds. The first kappa shape index (κ1) is 18.9. The lowest BCUT2D eigenvalue weighted by atomic mass is 9.85. The van der Waals surface area contributed by atoms with Crippen LogP contribution >= 0.6 is 0 Å². The molecule has 142 valence electrons. The summed E-state index contributed by atoms with van der Waals surface area (Å²) in [6, 6.07) is 7.26. The predicted molar refractivity (Wildman–Crippen MR) is 101 cm³/mol. The number of hydrogen-bond acceptors (Lipinski definition) is 4. The Morgan fingerprint density at radius 1 is 1.31 bits per heavy atom. The molecule has 3 rings (SSSR count). The third-order valence-electron chi connectivity index (χ3n) is 5.38. The third kappa shape index (κ3) is 4.83. The van der Waals surface area contributed by atoms with Gasteiger partial charge in [0, 0.05) is 19.5 Å². The van der Waals surface area contributed by atoms with Crippen molar-refractivity contribution < 1.29 is 14.3 Å². The number of hydrogen-bond donors (Lipinski definition) is 2. The summed E-state index contributed by atoms with van der Waals surface area (Å²) in [4.78, 5) is 27.1. The highest BCUT2D eigenvalue weighted by Gasteiger charge is 2.24. The summed E-state index contributed by atoms with van der Waals surface area (Å²) in [5.41, 5.74) is 1.15. The number of amides is 2. The summed E-state index contributed by atoms with van der Waals surface area (Å²) >= 11 is 0. The molecule has 1 aromatic rings. The minimum Gasteiger partial charge on any atom is -0.378 e. The van der Waals surface area contributed by atoms with Gasteiger partial charge in [-0.15, -0.1) is 0 Å². The second-order valence-electron chi connectivity index (χ2n) is 7.29. The molecule has 1 aromatic carbocycles. The average molecular weight is 359 g/mol. The summed E-state index contributed by atoms with van der Waals surface area (Å²) in [7, 11) is 0. The number of ether oxygens (including phenoxy) is 1. The minimum atomic E-state index is -0.0475. The molecule has 0 bridgehead atoms. The number of carbonyl (C=O) groups is 2. The zero-order valence-electron chi connectivity index (χ0n) is 15.5. The van der Waals surface area contributed by atoms with E-state index in [1.807, 2.05) is 12.1 Å². The van der Waals surface area contributed by atoms with E-state index >= 15 is 0 Å². The first-order valence-electron chi connectivity index (χ1n) is 9.62. The molecule has 0 spiro atoms. The number of carbonyl (C=O) groups excluding carboxylic acids is 2. The Bertz CT molecular complexity index is 622. The number of morpholine rings is 1. The molecule has 2 unspecified atom stereocenters. The molecular weight excluding hydrogens is 330 g/mol. The van der Waals surface area contributed by atoms with Crippen LogP contribution in [-0.2, 0) is 9.53 Å². The number of benzene rings is 1. The van der Waals surface area contributed by atoms with Crippen LogP contribution in [-0.4, -0.2) is 56.1 Å². The highest BCUT2D eigenvalue weighted by molar-refractivity contribution is 6.03. The fraction of sp³-hybridized carbons (Fsp3) is 0.600. The van der Waals surface area contributed by atoms with Crippen LogP contribution in [0, 0.1) is 11.8 Å². The topological polar surface area (TPSA) is 70.7 Å². The molecule has 2 fully saturated rings. The van der Waals surface area contributed by atoms with Crippen molar-refractivity contribution in [3.05, 3.63) is 29.8 Å². The largest absolute Gasteiger partial charge is 0.378 e. The van der Waals surface area contributed by atoms with Gasteiger partial charge in [0.15, 0.2) is 0 Å². The second kappa shape index (κ2) is 9.14. The van der Waals surface area contributed by atoms with Crippen LogP contribution in [0.1, 0.15) is 36.5 Å². The van der Waals surface area contributed by atoms with Gasteiger partial charge in [0.2, 0.25) is 5.91 Å². The van der Waals surface area contributed by atoms with E-state index in [2.05, 4.69) is 17.6 Å². The molecule has 2 aliphatic heterocycles. The Morgan fingerprint density at radius 2 is 2.08 bits per heavy atom. The van der Waals surface area contributed by atoms with Crippen molar-refractivity contribution in [2.45, 2.75) is 26.2 Å². The molecule has 0 aromatic heterocycles. The quantitative estimate of drug-likeness (QED) is 0.845. The smallest absolute Gasteiger partial charge is 0.256 e.